The molecular formula is C21H26N2O2. The summed E-state index contributed by atoms with van der Waals surface area (Å²) in [7, 11) is 2.00. The number of ether oxygens (including phenoxy) is 1. The summed E-state index contributed by atoms with van der Waals surface area (Å²) >= 11 is 0. The van der Waals surface area contributed by atoms with E-state index >= 15 is 0 Å². The highest BCUT2D eigenvalue weighted by molar-refractivity contribution is 5.83. The fourth-order valence-electron chi connectivity index (χ4n) is 2.99. The Morgan fingerprint density at radius 3 is 2.44 bits per heavy atom. The number of rotatable bonds is 8. The van der Waals surface area contributed by atoms with Crippen molar-refractivity contribution in [2.45, 2.75) is 38.4 Å². The van der Waals surface area contributed by atoms with Crippen LogP contribution >= 0.6 is 0 Å². The van der Waals surface area contributed by atoms with Gasteiger partial charge in [-0.05, 0) is 50.1 Å². The highest BCUT2D eigenvalue weighted by Crippen LogP contribution is 2.25. The molecule has 0 spiro atoms. The summed E-state index contributed by atoms with van der Waals surface area (Å²) in [6.45, 7) is 3.34. The van der Waals surface area contributed by atoms with Crippen molar-refractivity contribution < 1.29 is 9.53 Å². The summed E-state index contributed by atoms with van der Waals surface area (Å²) in [6, 6.07) is 18.1. The SMILES string of the molecule is CCOc1ccc(CN(C)C(C(=O)NC2CC2)c2ccccc2)cc1. The molecule has 2 aromatic rings. The summed E-state index contributed by atoms with van der Waals surface area (Å²) in [6.07, 6.45) is 2.19. The molecule has 1 N–H and O–H groups in total. The molecule has 0 aromatic heterocycles. The smallest absolute Gasteiger partial charge is 0.242 e. The van der Waals surface area contributed by atoms with Crippen LogP contribution in [-0.2, 0) is 11.3 Å². The number of nitrogens with one attached hydrogen (secondary N) is 1. The quantitative estimate of drug-likeness (QED) is 0.800. The summed E-state index contributed by atoms with van der Waals surface area (Å²) in [4.78, 5) is 14.9. The Hall–Kier alpha value is -2.33. The molecule has 0 bridgehead atoms. The summed E-state index contributed by atoms with van der Waals surface area (Å²) in [5, 5.41) is 3.14. The van der Waals surface area contributed by atoms with Crippen LogP contribution in [0.25, 0.3) is 0 Å². The van der Waals surface area contributed by atoms with Crippen LogP contribution < -0.4 is 10.1 Å². The Kier molecular flexibility index (Phi) is 5.71. The van der Waals surface area contributed by atoms with E-state index in [9.17, 15) is 4.79 Å². The van der Waals surface area contributed by atoms with Crippen LogP contribution in [0.2, 0.25) is 0 Å². The van der Waals surface area contributed by atoms with Crippen LogP contribution in [0.1, 0.15) is 36.9 Å². The van der Waals surface area contributed by atoms with Crippen LogP contribution in [0.3, 0.4) is 0 Å². The van der Waals surface area contributed by atoms with Gasteiger partial charge in [0.25, 0.3) is 0 Å². The molecule has 1 aliphatic rings. The van der Waals surface area contributed by atoms with Crippen molar-refractivity contribution in [3.05, 3.63) is 65.7 Å². The molecule has 4 nitrogen and oxygen atoms in total. The maximum atomic E-state index is 12.8. The first-order chi connectivity index (χ1) is 12.2. The largest absolute Gasteiger partial charge is 0.494 e. The van der Waals surface area contributed by atoms with Crippen LogP contribution in [0.4, 0.5) is 0 Å². The first-order valence-electron chi connectivity index (χ1n) is 8.94. The molecule has 0 heterocycles. The Morgan fingerprint density at radius 2 is 1.84 bits per heavy atom. The summed E-state index contributed by atoms with van der Waals surface area (Å²) in [5.74, 6) is 0.960. The fourth-order valence-corrected chi connectivity index (χ4v) is 2.99. The van der Waals surface area contributed by atoms with Gasteiger partial charge in [0.05, 0.1) is 6.61 Å². The lowest BCUT2D eigenvalue weighted by molar-refractivity contribution is -0.126. The van der Waals surface area contributed by atoms with E-state index < -0.39 is 0 Å². The van der Waals surface area contributed by atoms with Gasteiger partial charge < -0.3 is 10.1 Å². The monoisotopic (exact) mass is 338 g/mol. The van der Waals surface area contributed by atoms with Gasteiger partial charge in [0, 0.05) is 12.6 Å². The molecule has 1 saturated carbocycles. The second-order valence-electron chi connectivity index (χ2n) is 6.59. The lowest BCUT2D eigenvalue weighted by Crippen LogP contribution is -2.39. The summed E-state index contributed by atoms with van der Waals surface area (Å²) < 4.78 is 5.49. The molecule has 0 saturated heterocycles. The number of likely N-dealkylation sites (N-methyl/N-ethyl adjacent to an activating group) is 1. The third-order valence-corrected chi connectivity index (χ3v) is 4.39. The van der Waals surface area contributed by atoms with E-state index in [1.807, 2.05) is 56.4 Å². The number of hydrogen-bond acceptors (Lipinski definition) is 3. The normalized spacial score (nSPS) is 15.0. The van der Waals surface area contributed by atoms with E-state index in [0.29, 0.717) is 19.2 Å². The molecule has 1 fully saturated rings. The van der Waals surface area contributed by atoms with Crippen molar-refractivity contribution >= 4 is 5.91 Å². The van der Waals surface area contributed by atoms with E-state index in [1.54, 1.807) is 0 Å². The molecule has 1 unspecified atom stereocenters. The van der Waals surface area contributed by atoms with Crippen molar-refractivity contribution in [2.75, 3.05) is 13.7 Å². The molecule has 1 aliphatic carbocycles. The third-order valence-electron chi connectivity index (χ3n) is 4.39. The molecule has 3 rings (SSSR count). The maximum absolute atomic E-state index is 12.8. The fraction of sp³-hybridized carbons (Fsp3) is 0.381. The lowest BCUT2D eigenvalue weighted by atomic mass is 10.0. The second kappa shape index (κ2) is 8.17. The van der Waals surface area contributed by atoms with Gasteiger partial charge in [-0.3, -0.25) is 9.69 Å². The summed E-state index contributed by atoms with van der Waals surface area (Å²) in [5.41, 5.74) is 2.18. The van der Waals surface area contributed by atoms with E-state index in [1.165, 1.54) is 0 Å². The van der Waals surface area contributed by atoms with Gasteiger partial charge in [-0.1, -0.05) is 42.5 Å². The minimum atomic E-state index is -0.284. The highest BCUT2D eigenvalue weighted by atomic mass is 16.5. The third kappa shape index (κ3) is 4.83. The van der Waals surface area contributed by atoms with Crippen molar-refractivity contribution in [3.63, 3.8) is 0 Å². The van der Waals surface area contributed by atoms with Gasteiger partial charge in [-0.25, -0.2) is 0 Å². The van der Waals surface area contributed by atoms with Gasteiger partial charge in [-0.15, -0.1) is 0 Å². The molecule has 0 aliphatic heterocycles. The number of carbonyl (C=O) groups is 1. The van der Waals surface area contributed by atoms with Crippen LogP contribution in [0.15, 0.2) is 54.6 Å². The number of amides is 1. The molecule has 2 aromatic carbocycles. The Bertz CT molecular complexity index is 681. The van der Waals surface area contributed by atoms with Crippen molar-refractivity contribution in [1.29, 1.82) is 0 Å². The first kappa shape index (κ1) is 17.5. The molecule has 4 heteroatoms. The maximum Gasteiger partial charge on any atom is 0.242 e. The zero-order chi connectivity index (χ0) is 17.6. The average Bonchev–Trinajstić information content (AvgIpc) is 3.42. The van der Waals surface area contributed by atoms with E-state index in [4.69, 9.17) is 4.74 Å². The lowest BCUT2D eigenvalue weighted by Gasteiger charge is -2.27. The van der Waals surface area contributed by atoms with Gasteiger partial charge in [-0.2, -0.15) is 0 Å². The topological polar surface area (TPSA) is 41.6 Å². The molecular weight excluding hydrogens is 312 g/mol. The van der Waals surface area contributed by atoms with Gasteiger partial charge in [0.1, 0.15) is 11.8 Å². The molecule has 132 valence electrons. The van der Waals surface area contributed by atoms with Gasteiger partial charge in [0.2, 0.25) is 5.91 Å². The highest BCUT2D eigenvalue weighted by Gasteiger charge is 2.30. The standard InChI is InChI=1S/C21H26N2O2/c1-3-25-19-13-9-16(10-14-19)15-23(2)20(17-7-5-4-6-8-17)21(24)22-18-11-12-18/h4-10,13-14,18,20H,3,11-12,15H2,1-2H3,(H,22,24). The predicted octanol–water partition coefficient (Wildman–Crippen LogP) is 3.54. The zero-order valence-corrected chi connectivity index (χ0v) is 14.9. The minimum Gasteiger partial charge on any atom is -0.494 e. The number of hydrogen-bond donors (Lipinski definition) is 1. The van der Waals surface area contributed by atoms with E-state index in [-0.39, 0.29) is 11.9 Å². The van der Waals surface area contributed by atoms with Crippen LogP contribution in [0, 0.1) is 0 Å². The molecule has 1 amide bonds. The van der Waals surface area contributed by atoms with Crippen molar-refractivity contribution in [1.82, 2.24) is 10.2 Å². The van der Waals surface area contributed by atoms with Crippen LogP contribution in [-0.4, -0.2) is 30.5 Å². The Labute approximate surface area is 149 Å². The van der Waals surface area contributed by atoms with Crippen molar-refractivity contribution in [2.24, 2.45) is 0 Å². The molecule has 25 heavy (non-hydrogen) atoms. The average molecular weight is 338 g/mol. The van der Waals surface area contributed by atoms with Crippen LogP contribution in [0.5, 0.6) is 5.75 Å². The van der Waals surface area contributed by atoms with E-state index in [0.717, 1.165) is 29.7 Å². The number of nitrogens with zero attached hydrogens (tertiary/aromatic N) is 1. The molecule has 0 radical (unpaired) electrons. The second-order valence-corrected chi connectivity index (χ2v) is 6.59. The first-order valence-corrected chi connectivity index (χ1v) is 8.94. The van der Waals surface area contributed by atoms with Gasteiger partial charge in [0.15, 0.2) is 0 Å². The predicted molar refractivity (Wildman–Crippen MR) is 99.4 cm³/mol. The van der Waals surface area contributed by atoms with Gasteiger partial charge >= 0.3 is 0 Å². The van der Waals surface area contributed by atoms with Crippen molar-refractivity contribution in [3.8, 4) is 5.75 Å². The minimum absolute atomic E-state index is 0.0853. The number of carbonyl (C=O) groups excluding carboxylic acids is 1. The zero-order valence-electron chi connectivity index (χ0n) is 14.9. The Balaban J connectivity index is 1.73. The number of benzene rings is 2. The Morgan fingerprint density at radius 1 is 1.16 bits per heavy atom. The van der Waals surface area contributed by atoms with E-state index in [2.05, 4.69) is 22.3 Å². The molecule has 1 atom stereocenters.